The molecule has 0 aliphatic heterocycles. The van der Waals surface area contributed by atoms with Crippen LogP contribution in [0.2, 0.25) is 0 Å². The molecule has 0 spiro atoms. The van der Waals surface area contributed by atoms with E-state index in [2.05, 4.69) is 35.2 Å². The fraction of sp³-hybridized carbons (Fsp3) is 1.00. The Morgan fingerprint density at radius 1 is 1.12 bits per heavy atom. The largest absolute Gasteiger partial charge is 0.176 e. The average molecular weight is 242 g/mol. The number of rotatable bonds is 0. The van der Waals surface area contributed by atoms with Crippen molar-refractivity contribution in [1.82, 2.24) is 0 Å². The highest BCUT2D eigenvalue weighted by atomic mass is 127. The van der Waals surface area contributed by atoms with Crippen LogP contribution in [0.25, 0.3) is 0 Å². The third-order valence-corrected chi connectivity index (χ3v) is 3.39. The Bertz CT molecular complexity index is 56.9. The Morgan fingerprint density at radius 2 is 1.62 bits per heavy atom. The predicted molar refractivity (Wildman–Crippen MR) is 49.1 cm³/mol. The first kappa shape index (κ1) is 7.19. The van der Waals surface area contributed by atoms with Gasteiger partial charge in [0.15, 0.2) is 0 Å². The summed E-state index contributed by atoms with van der Waals surface area (Å²) < 4.78 is 0.941. The summed E-state index contributed by atoms with van der Waals surface area (Å²) >= 11 is 6.93. The van der Waals surface area contributed by atoms with Crippen molar-refractivity contribution in [2.75, 3.05) is 0 Å². The molecule has 0 bridgehead atoms. The first-order chi connectivity index (χ1) is 3.79. The minimum atomic E-state index is 0.709. The smallest absolute Gasteiger partial charge is 0.0110 e. The Labute approximate surface area is 70.0 Å². The van der Waals surface area contributed by atoms with Crippen LogP contribution < -0.4 is 0 Å². The minimum Gasteiger partial charge on any atom is -0.176 e. The normalized spacial score (nSPS) is 39.8. The first-order valence-electron chi connectivity index (χ1n) is 3.11. The third kappa shape index (κ3) is 2.13. The first-order valence-corrected chi connectivity index (χ1v) is 4.87. The maximum Gasteiger partial charge on any atom is 0.0110 e. The van der Waals surface area contributed by atoms with Crippen LogP contribution in [0.1, 0.15) is 25.7 Å². The maximum atomic E-state index is 4.40. The standard InChI is InChI=1S/C6H11IS/c7-5-1-3-6(8)4-2-5/h5-6,8H,1-4H2. The van der Waals surface area contributed by atoms with Crippen LogP contribution in [-0.4, -0.2) is 9.17 Å². The van der Waals surface area contributed by atoms with Gasteiger partial charge < -0.3 is 0 Å². The van der Waals surface area contributed by atoms with Crippen molar-refractivity contribution >= 4 is 35.2 Å². The number of alkyl halides is 1. The van der Waals surface area contributed by atoms with Crippen molar-refractivity contribution < 1.29 is 0 Å². The van der Waals surface area contributed by atoms with Gasteiger partial charge in [-0.1, -0.05) is 22.6 Å². The van der Waals surface area contributed by atoms with Gasteiger partial charge in [-0.2, -0.15) is 12.6 Å². The fourth-order valence-electron chi connectivity index (χ4n) is 1.04. The second-order valence-corrected chi connectivity index (χ2v) is 4.90. The summed E-state index contributed by atoms with van der Waals surface area (Å²) in [7, 11) is 0. The van der Waals surface area contributed by atoms with Crippen LogP contribution in [0.4, 0.5) is 0 Å². The second-order valence-electron chi connectivity index (χ2n) is 2.41. The zero-order valence-corrected chi connectivity index (χ0v) is 7.86. The van der Waals surface area contributed by atoms with Crippen molar-refractivity contribution in [1.29, 1.82) is 0 Å². The van der Waals surface area contributed by atoms with E-state index in [1.54, 1.807) is 0 Å². The molecule has 0 nitrogen and oxygen atoms in total. The molecule has 0 N–H and O–H groups in total. The lowest BCUT2D eigenvalue weighted by Crippen LogP contribution is -2.12. The molecule has 0 aromatic heterocycles. The van der Waals surface area contributed by atoms with Crippen molar-refractivity contribution in [3.63, 3.8) is 0 Å². The molecule has 0 aromatic rings. The van der Waals surface area contributed by atoms with Gasteiger partial charge in [0.1, 0.15) is 0 Å². The van der Waals surface area contributed by atoms with Gasteiger partial charge in [0.2, 0.25) is 0 Å². The van der Waals surface area contributed by atoms with Gasteiger partial charge in [-0.05, 0) is 25.7 Å². The Hall–Kier alpha value is 1.08. The highest BCUT2D eigenvalue weighted by Gasteiger charge is 2.14. The summed E-state index contributed by atoms with van der Waals surface area (Å²) in [6.07, 6.45) is 5.43. The summed E-state index contributed by atoms with van der Waals surface area (Å²) in [5.74, 6) is 0. The fourth-order valence-corrected chi connectivity index (χ4v) is 2.05. The third-order valence-electron chi connectivity index (χ3n) is 1.63. The molecule has 1 fully saturated rings. The summed E-state index contributed by atoms with van der Waals surface area (Å²) in [5, 5.41) is 0.709. The summed E-state index contributed by atoms with van der Waals surface area (Å²) in [6.45, 7) is 0. The lowest BCUT2D eigenvalue weighted by atomic mass is 10.0. The van der Waals surface area contributed by atoms with Crippen molar-refractivity contribution in [2.45, 2.75) is 34.9 Å². The zero-order valence-electron chi connectivity index (χ0n) is 4.81. The lowest BCUT2D eigenvalue weighted by Gasteiger charge is -2.20. The van der Waals surface area contributed by atoms with Crippen LogP contribution in [0.3, 0.4) is 0 Å². The number of halogens is 1. The van der Waals surface area contributed by atoms with Crippen LogP contribution in [-0.2, 0) is 0 Å². The molecule has 1 saturated carbocycles. The lowest BCUT2D eigenvalue weighted by molar-refractivity contribution is 0.543. The Morgan fingerprint density at radius 3 is 2.00 bits per heavy atom. The quantitative estimate of drug-likeness (QED) is 0.377. The van der Waals surface area contributed by atoms with Gasteiger partial charge in [0.05, 0.1) is 0 Å². The molecule has 0 heterocycles. The topological polar surface area (TPSA) is 0 Å². The van der Waals surface area contributed by atoms with Gasteiger partial charge >= 0.3 is 0 Å². The van der Waals surface area contributed by atoms with Crippen LogP contribution in [0.5, 0.6) is 0 Å². The van der Waals surface area contributed by atoms with E-state index in [0.717, 1.165) is 3.92 Å². The minimum absolute atomic E-state index is 0.709. The molecule has 0 unspecified atom stereocenters. The van der Waals surface area contributed by atoms with E-state index < -0.39 is 0 Å². The molecular weight excluding hydrogens is 231 g/mol. The van der Waals surface area contributed by atoms with Crippen molar-refractivity contribution in [2.24, 2.45) is 0 Å². The Kier molecular flexibility index (Phi) is 2.97. The zero-order chi connectivity index (χ0) is 5.98. The monoisotopic (exact) mass is 242 g/mol. The highest BCUT2D eigenvalue weighted by molar-refractivity contribution is 14.1. The average Bonchev–Trinajstić information content (AvgIpc) is 1.77. The summed E-state index contributed by atoms with van der Waals surface area (Å²) in [4.78, 5) is 0. The highest BCUT2D eigenvalue weighted by Crippen LogP contribution is 2.27. The van der Waals surface area contributed by atoms with Crippen molar-refractivity contribution in [3.8, 4) is 0 Å². The molecule has 0 amide bonds. The molecule has 0 aromatic carbocycles. The SMILES string of the molecule is SC1CCC(I)CC1. The Balaban J connectivity index is 2.19. The van der Waals surface area contributed by atoms with Gasteiger partial charge in [-0.3, -0.25) is 0 Å². The van der Waals surface area contributed by atoms with Gasteiger partial charge in [0, 0.05) is 9.17 Å². The molecule has 8 heavy (non-hydrogen) atoms. The molecule has 0 saturated heterocycles. The number of hydrogen-bond acceptors (Lipinski definition) is 1. The maximum absolute atomic E-state index is 4.40. The van der Waals surface area contributed by atoms with Gasteiger partial charge in [-0.25, -0.2) is 0 Å². The summed E-state index contributed by atoms with van der Waals surface area (Å²) in [5.41, 5.74) is 0. The van der Waals surface area contributed by atoms with E-state index in [-0.39, 0.29) is 0 Å². The van der Waals surface area contributed by atoms with Crippen LogP contribution in [0, 0.1) is 0 Å². The van der Waals surface area contributed by atoms with E-state index in [1.807, 2.05) is 0 Å². The molecule has 1 aliphatic rings. The van der Waals surface area contributed by atoms with Crippen molar-refractivity contribution in [3.05, 3.63) is 0 Å². The molecule has 1 rings (SSSR count). The molecule has 2 heteroatoms. The molecule has 0 radical (unpaired) electrons. The molecular formula is C6H11IS. The summed E-state index contributed by atoms with van der Waals surface area (Å²) in [6, 6.07) is 0. The predicted octanol–water partition coefficient (Wildman–Crippen LogP) is 2.66. The van der Waals surface area contributed by atoms with E-state index in [4.69, 9.17) is 0 Å². The van der Waals surface area contributed by atoms with E-state index in [1.165, 1.54) is 25.7 Å². The number of hydrogen-bond donors (Lipinski definition) is 1. The van der Waals surface area contributed by atoms with E-state index in [0.29, 0.717) is 5.25 Å². The second kappa shape index (κ2) is 3.30. The van der Waals surface area contributed by atoms with Gasteiger partial charge in [0.25, 0.3) is 0 Å². The molecule has 1 aliphatic carbocycles. The van der Waals surface area contributed by atoms with Crippen LogP contribution in [0.15, 0.2) is 0 Å². The number of thiol groups is 1. The van der Waals surface area contributed by atoms with Crippen LogP contribution >= 0.6 is 35.2 Å². The molecule has 0 atom stereocenters. The van der Waals surface area contributed by atoms with E-state index in [9.17, 15) is 0 Å². The molecule has 48 valence electrons. The van der Waals surface area contributed by atoms with Gasteiger partial charge in [-0.15, -0.1) is 0 Å². The van der Waals surface area contributed by atoms with E-state index >= 15 is 0 Å².